The molecule has 1 aliphatic carbocycles. The van der Waals surface area contributed by atoms with Gasteiger partial charge in [-0.15, -0.1) is 0 Å². The molecule has 0 spiro atoms. The third kappa shape index (κ3) is 6.28. The fraction of sp³-hybridized carbons (Fsp3) is 0.542. The molecule has 2 aromatic rings. The van der Waals surface area contributed by atoms with Gasteiger partial charge in [0.1, 0.15) is 17.2 Å². The number of nitrogens with one attached hydrogen (secondary N) is 2. The van der Waals surface area contributed by atoms with E-state index in [1.807, 2.05) is 0 Å². The summed E-state index contributed by atoms with van der Waals surface area (Å²) in [5, 5.41) is 5.60. The minimum absolute atomic E-state index is 0.126. The zero-order valence-corrected chi connectivity index (χ0v) is 19.8. The Labute approximate surface area is 204 Å². The fourth-order valence-electron chi connectivity index (χ4n) is 4.16. The summed E-state index contributed by atoms with van der Waals surface area (Å²) in [5.41, 5.74) is -0.151. The van der Waals surface area contributed by atoms with Crippen molar-refractivity contribution in [2.75, 3.05) is 18.5 Å². The number of hydrogen-bond donors (Lipinski definition) is 2. The van der Waals surface area contributed by atoms with Crippen molar-refractivity contribution in [1.29, 1.82) is 0 Å². The third-order valence-corrected chi connectivity index (χ3v) is 6.13. The molecule has 2 heterocycles. The standard InChI is InChI=1S/C24H27F5N4O3/c1-13(16-5-3-4-15(10-16)12-24(27,28)29)30-20-19(21-35-8-9-36-21)17(31-14(2)32-20)11-18(34)33-23(6-7-23)22(25)26/h3-5,10,13,21-22H,6-9,11-12H2,1-2H3,(H,33,34)(H,30,31,32). The Balaban J connectivity index is 1.60. The summed E-state index contributed by atoms with van der Waals surface area (Å²) < 4.78 is 76.4. The van der Waals surface area contributed by atoms with Gasteiger partial charge in [0.15, 0.2) is 6.29 Å². The number of amides is 1. The molecule has 0 radical (unpaired) electrons. The van der Waals surface area contributed by atoms with Crippen molar-refractivity contribution in [3.63, 3.8) is 0 Å². The van der Waals surface area contributed by atoms with Gasteiger partial charge in [0.05, 0.1) is 37.3 Å². The topological polar surface area (TPSA) is 85.4 Å². The van der Waals surface area contributed by atoms with E-state index < -0.39 is 42.8 Å². The molecule has 7 nitrogen and oxygen atoms in total. The molecule has 1 aromatic heterocycles. The molecule has 1 saturated carbocycles. The molecular formula is C24H27F5N4O3. The summed E-state index contributed by atoms with van der Waals surface area (Å²) in [5.74, 6) is -0.0000182. The molecule has 1 aliphatic heterocycles. The SMILES string of the molecule is Cc1nc(CC(=O)NC2(C(F)F)CC2)c(C2OCCO2)c(NC(C)c2cccc(CC(F)(F)F)c2)n1. The van der Waals surface area contributed by atoms with Crippen LogP contribution in [0, 0.1) is 6.92 Å². The highest BCUT2D eigenvalue weighted by atomic mass is 19.4. The summed E-state index contributed by atoms with van der Waals surface area (Å²) in [7, 11) is 0. The molecule has 2 aliphatic rings. The molecule has 12 heteroatoms. The second-order valence-electron chi connectivity index (χ2n) is 9.14. The van der Waals surface area contributed by atoms with Gasteiger partial charge in [0.2, 0.25) is 5.91 Å². The zero-order valence-electron chi connectivity index (χ0n) is 19.8. The molecule has 1 atom stereocenters. The molecule has 4 rings (SSSR count). The van der Waals surface area contributed by atoms with E-state index in [1.54, 1.807) is 26.0 Å². The maximum absolute atomic E-state index is 13.3. The summed E-state index contributed by atoms with van der Waals surface area (Å²) in [6.07, 6.45) is -8.81. The number of carbonyl (C=O) groups excluding carboxylic acids is 1. The number of carbonyl (C=O) groups is 1. The van der Waals surface area contributed by atoms with Gasteiger partial charge < -0.3 is 20.1 Å². The molecule has 1 saturated heterocycles. The van der Waals surface area contributed by atoms with Crippen molar-refractivity contribution >= 4 is 11.7 Å². The van der Waals surface area contributed by atoms with Gasteiger partial charge in [-0.1, -0.05) is 24.3 Å². The highest BCUT2D eigenvalue weighted by Gasteiger charge is 2.52. The van der Waals surface area contributed by atoms with Gasteiger partial charge in [-0.3, -0.25) is 4.79 Å². The number of benzene rings is 1. The Hall–Kier alpha value is -2.86. The third-order valence-electron chi connectivity index (χ3n) is 6.13. The van der Waals surface area contributed by atoms with Crippen molar-refractivity contribution in [3.05, 3.63) is 52.5 Å². The second kappa shape index (κ2) is 10.3. The summed E-state index contributed by atoms with van der Waals surface area (Å²) >= 11 is 0. The van der Waals surface area contributed by atoms with Crippen LogP contribution in [0.2, 0.25) is 0 Å². The maximum Gasteiger partial charge on any atom is 0.393 e. The molecule has 1 amide bonds. The molecule has 196 valence electrons. The molecule has 2 N–H and O–H groups in total. The Morgan fingerprint density at radius 3 is 2.50 bits per heavy atom. The fourth-order valence-corrected chi connectivity index (χ4v) is 4.16. The van der Waals surface area contributed by atoms with Gasteiger partial charge in [0, 0.05) is 6.04 Å². The quantitative estimate of drug-likeness (QED) is 0.477. The first kappa shape index (κ1) is 26.2. The van der Waals surface area contributed by atoms with E-state index in [1.165, 1.54) is 12.1 Å². The number of hydrogen-bond acceptors (Lipinski definition) is 6. The minimum atomic E-state index is -4.33. The van der Waals surface area contributed by atoms with E-state index in [4.69, 9.17) is 9.47 Å². The molecule has 1 unspecified atom stereocenters. The average molecular weight is 514 g/mol. The summed E-state index contributed by atoms with van der Waals surface area (Å²) in [6.45, 7) is 3.97. The Morgan fingerprint density at radius 2 is 1.89 bits per heavy atom. The van der Waals surface area contributed by atoms with Crippen LogP contribution < -0.4 is 10.6 Å². The van der Waals surface area contributed by atoms with Crippen LogP contribution in [-0.2, 0) is 27.1 Å². The summed E-state index contributed by atoms with van der Waals surface area (Å²) in [4.78, 5) is 21.5. The van der Waals surface area contributed by atoms with Crippen molar-refractivity contribution in [1.82, 2.24) is 15.3 Å². The Kier molecular flexibility index (Phi) is 7.46. The number of aryl methyl sites for hydroxylation is 1. The van der Waals surface area contributed by atoms with Crippen molar-refractivity contribution in [2.45, 2.75) is 70.0 Å². The monoisotopic (exact) mass is 514 g/mol. The first-order valence-corrected chi connectivity index (χ1v) is 11.6. The number of aromatic nitrogens is 2. The number of nitrogens with zero attached hydrogens (tertiary/aromatic N) is 2. The van der Waals surface area contributed by atoms with E-state index in [9.17, 15) is 26.7 Å². The van der Waals surface area contributed by atoms with Crippen LogP contribution in [0.1, 0.15) is 60.3 Å². The lowest BCUT2D eigenvalue weighted by Gasteiger charge is -2.23. The average Bonchev–Trinajstić information content (AvgIpc) is 3.35. The van der Waals surface area contributed by atoms with Crippen LogP contribution >= 0.6 is 0 Å². The van der Waals surface area contributed by atoms with Gasteiger partial charge in [-0.25, -0.2) is 18.7 Å². The van der Waals surface area contributed by atoms with Gasteiger partial charge in [-0.05, 0) is 37.8 Å². The largest absolute Gasteiger partial charge is 0.393 e. The van der Waals surface area contributed by atoms with E-state index in [2.05, 4.69) is 20.6 Å². The van der Waals surface area contributed by atoms with Crippen molar-refractivity contribution < 1.29 is 36.2 Å². The van der Waals surface area contributed by atoms with E-state index in [-0.39, 0.29) is 30.5 Å². The number of rotatable bonds is 9. The smallest absolute Gasteiger partial charge is 0.363 e. The van der Waals surface area contributed by atoms with Crippen LogP contribution in [0.3, 0.4) is 0 Å². The van der Waals surface area contributed by atoms with Gasteiger partial charge in [0.25, 0.3) is 6.43 Å². The molecule has 0 bridgehead atoms. The number of ether oxygens (including phenoxy) is 2. The molecule has 36 heavy (non-hydrogen) atoms. The summed E-state index contributed by atoms with van der Waals surface area (Å²) in [6, 6.07) is 5.66. The lowest BCUT2D eigenvalue weighted by molar-refractivity contribution is -0.127. The number of alkyl halides is 5. The predicted octanol–water partition coefficient (Wildman–Crippen LogP) is 4.56. The highest BCUT2D eigenvalue weighted by Crippen LogP contribution is 2.41. The second-order valence-corrected chi connectivity index (χ2v) is 9.14. The van der Waals surface area contributed by atoms with Gasteiger partial charge in [-0.2, -0.15) is 13.2 Å². The van der Waals surface area contributed by atoms with Crippen LogP contribution in [-0.4, -0.2) is 47.2 Å². The lowest BCUT2D eigenvalue weighted by Crippen LogP contribution is -2.43. The van der Waals surface area contributed by atoms with Crippen molar-refractivity contribution in [3.8, 4) is 0 Å². The molecule has 2 fully saturated rings. The first-order valence-electron chi connectivity index (χ1n) is 11.6. The van der Waals surface area contributed by atoms with E-state index >= 15 is 0 Å². The normalized spacial score (nSPS) is 18.3. The van der Waals surface area contributed by atoms with Crippen LogP contribution in [0.4, 0.5) is 27.8 Å². The van der Waals surface area contributed by atoms with Crippen LogP contribution in [0.25, 0.3) is 0 Å². The van der Waals surface area contributed by atoms with Gasteiger partial charge >= 0.3 is 6.18 Å². The van der Waals surface area contributed by atoms with E-state index in [0.29, 0.717) is 36.0 Å². The molecular weight excluding hydrogens is 487 g/mol. The first-order chi connectivity index (χ1) is 17.0. The van der Waals surface area contributed by atoms with Crippen LogP contribution in [0.5, 0.6) is 0 Å². The number of halogens is 5. The zero-order chi connectivity index (χ0) is 26.1. The molecule has 1 aromatic carbocycles. The predicted molar refractivity (Wildman–Crippen MR) is 119 cm³/mol. The van der Waals surface area contributed by atoms with Crippen LogP contribution in [0.15, 0.2) is 24.3 Å². The van der Waals surface area contributed by atoms with Crippen molar-refractivity contribution in [2.24, 2.45) is 0 Å². The van der Waals surface area contributed by atoms with E-state index in [0.717, 1.165) is 0 Å². The maximum atomic E-state index is 13.3. The lowest BCUT2D eigenvalue weighted by atomic mass is 10.0. The Bertz CT molecular complexity index is 1100. The highest BCUT2D eigenvalue weighted by molar-refractivity contribution is 5.80. The number of anilines is 1. The Morgan fingerprint density at radius 1 is 1.19 bits per heavy atom. The minimum Gasteiger partial charge on any atom is -0.363 e.